The second-order valence-corrected chi connectivity index (χ2v) is 5.34. The van der Waals surface area contributed by atoms with Crippen LogP contribution in [0.25, 0.3) is 0 Å². The molecule has 0 saturated heterocycles. The van der Waals surface area contributed by atoms with Gasteiger partial charge in [-0.2, -0.15) is 8.42 Å². The van der Waals surface area contributed by atoms with Crippen LogP contribution in [-0.4, -0.2) is 26.2 Å². The van der Waals surface area contributed by atoms with Gasteiger partial charge in [0.25, 0.3) is 10.1 Å². The summed E-state index contributed by atoms with van der Waals surface area (Å²) in [7, 11) is -3.36. The summed E-state index contributed by atoms with van der Waals surface area (Å²) in [6, 6.07) is 0. The topological polar surface area (TPSA) is 46.6 Å². The Morgan fingerprint density at radius 2 is 2.25 bits per heavy atom. The van der Waals surface area contributed by atoms with E-state index in [-0.39, 0.29) is 6.61 Å². The molecule has 0 radical (unpaired) electrons. The predicted octanol–water partition coefficient (Wildman–Crippen LogP) is 1.52. The lowest BCUT2D eigenvalue weighted by Gasteiger charge is -2.25. The zero-order chi connectivity index (χ0) is 11.6. The predicted molar refractivity (Wildman–Crippen MR) is 61.7 cm³/mol. The first-order valence-electron chi connectivity index (χ1n) is 4.92. The van der Waals surface area contributed by atoms with Crippen LogP contribution in [0.4, 0.5) is 0 Å². The molecule has 86 valence electrons. The summed E-state index contributed by atoms with van der Waals surface area (Å²) < 4.78 is 26.5. The first-order chi connectivity index (χ1) is 7.54. The molecule has 2 aliphatic rings. The van der Waals surface area contributed by atoms with E-state index in [4.69, 9.17) is 4.18 Å². The van der Waals surface area contributed by atoms with E-state index in [0.717, 1.165) is 23.9 Å². The molecule has 4 nitrogen and oxygen atoms in total. The number of hydrogen-bond donors (Lipinski definition) is 0. The van der Waals surface area contributed by atoms with Crippen LogP contribution in [0.3, 0.4) is 0 Å². The van der Waals surface area contributed by atoms with Crippen molar-refractivity contribution in [2.75, 3.05) is 12.9 Å². The minimum atomic E-state index is -3.36. The summed E-state index contributed by atoms with van der Waals surface area (Å²) in [5.41, 5.74) is 2.04. The van der Waals surface area contributed by atoms with Gasteiger partial charge in [0.1, 0.15) is 0 Å². The maximum absolute atomic E-state index is 10.9. The number of hydrogen-bond acceptors (Lipinski definition) is 4. The average molecular weight is 239 g/mol. The third kappa shape index (κ3) is 2.84. The van der Waals surface area contributed by atoms with Gasteiger partial charge in [-0.05, 0) is 24.1 Å². The lowest BCUT2D eigenvalue weighted by Crippen LogP contribution is -2.16. The third-order valence-electron chi connectivity index (χ3n) is 2.28. The van der Waals surface area contributed by atoms with E-state index in [1.54, 1.807) is 0 Å². The molecule has 0 atom stereocenters. The molecule has 0 spiro atoms. The number of rotatable bonds is 3. The molecule has 16 heavy (non-hydrogen) atoms. The molecule has 0 aromatic rings. The van der Waals surface area contributed by atoms with Crippen molar-refractivity contribution in [1.82, 2.24) is 4.90 Å². The van der Waals surface area contributed by atoms with E-state index in [2.05, 4.69) is 0 Å². The standard InChI is InChI=1S/C11H13NO3S/c1-16(13,14)15-9-10-5-6-11-4-2-3-7-12(11)8-10/h2-4,6-8H,5,9H2,1H3. The fourth-order valence-corrected chi connectivity index (χ4v) is 1.89. The third-order valence-corrected chi connectivity index (χ3v) is 2.82. The largest absolute Gasteiger partial charge is 0.324 e. The minimum Gasteiger partial charge on any atom is -0.324 e. The zero-order valence-electron chi connectivity index (χ0n) is 8.96. The Labute approximate surface area is 95.3 Å². The van der Waals surface area contributed by atoms with Crippen molar-refractivity contribution in [2.45, 2.75) is 6.42 Å². The molecule has 0 saturated carbocycles. The zero-order valence-corrected chi connectivity index (χ0v) is 9.78. The Morgan fingerprint density at radius 1 is 1.44 bits per heavy atom. The molecular weight excluding hydrogens is 226 g/mol. The quantitative estimate of drug-likeness (QED) is 0.700. The van der Waals surface area contributed by atoms with Crippen molar-refractivity contribution in [2.24, 2.45) is 0 Å². The van der Waals surface area contributed by atoms with Crippen molar-refractivity contribution in [3.63, 3.8) is 0 Å². The summed E-state index contributed by atoms with van der Waals surface area (Å²) in [5, 5.41) is 0. The second-order valence-electron chi connectivity index (χ2n) is 3.69. The normalized spacial score (nSPS) is 19.2. The van der Waals surface area contributed by atoms with Gasteiger partial charge < -0.3 is 4.90 Å². The van der Waals surface area contributed by atoms with Gasteiger partial charge in [0.15, 0.2) is 0 Å². The Bertz CT molecular complexity index is 497. The van der Waals surface area contributed by atoms with Crippen molar-refractivity contribution in [3.05, 3.63) is 48.0 Å². The maximum atomic E-state index is 10.9. The highest BCUT2D eigenvalue weighted by Gasteiger charge is 2.12. The Kier molecular flexibility index (Phi) is 2.98. The maximum Gasteiger partial charge on any atom is 0.264 e. The van der Waals surface area contributed by atoms with Gasteiger partial charge in [0.05, 0.1) is 12.9 Å². The van der Waals surface area contributed by atoms with Crippen LogP contribution < -0.4 is 0 Å². The highest BCUT2D eigenvalue weighted by atomic mass is 32.2. The Hall–Kier alpha value is -1.33. The van der Waals surface area contributed by atoms with Crippen molar-refractivity contribution >= 4 is 10.1 Å². The molecule has 5 heteroatoms. The van der Waals surface area contributed by atoms with Gasteiger partial charge >= 0.3 is 0 Å². The molecule has 0 fully saturated rings. The number of fused-ring (bicyclic) bond motifs is 1. The molecule has 2 rings (SSSR count). The molecule has 0 bridgehead atoms. The van der Waals surface area contributed by atoms with Crippen LogP contribution in [0.15, 0.2) is 48.0 Å². The van der Waals surface area contributed by atoms with Gasteiger partial charge in [-0.1, -0.05) is 12.2 Å². The van der Waals surface area contributed by atoms with Crippen LogP contribution in [0.5, 0.6) is 0 Å². The lowest BCUT2D eigenvalue weighted by atomic mass is 10.1. The fourth-order valence-electron chi connectivity index (χ4n) is 1.52. The summed E-state index contributed by atoms with van der Waals surface area (Å²) in [4.78, 5) is 1.95. The monoisotopic (exact) mass is 239 g/mol. The van der Waals surface area contributed by atoms with Gasteiger partial charge in [0, 0.05) is 18.1 Å². The molecule has 0 aliphatic carbocycles. The number of allylic oxidation sites excluding steroid dienone is 4. The van der Waals surface area contributed by atoms with Crippen molar-refractivity contribution in [1.29, 1.82) is 0 Å². The summed E-state index contributed by atoms with van der Waals surface area (Å²) in [6.45, 7) is 0.122. The van der Waals surface area contributed by atoms with Gasteiger partial charge in [-0.3, -0.25) is 4.18 Å². The average Bonchev–Trinajstić information content (AvgIpc) is 2.25. The summed E-state index contributed by atoms with van der Waals surface area (Å²) >= 11 is 0. The van der Waals surface area contributed by atoms with E-state index < -0.39 is 10.1 Å². The Morgan fingerprint density at radius 3 is 3.00 bits per heavy atom. The molecule has 2 heterocycles. The minimum absolute atomic E-state index is 0.122. The Balaban J connectivity index is 2.02. The lowest BCUT2D eigenvalue weighted by molar-refractivity contribution is 0.346. The highest BCUT2D eigenvalue weighted by Crippen LogP contribution is 2.22. The summed E-state index contributed by atoms with van der Waals surface area (Å²) in [6.07, 6.45) is 13.5. The number of nitrogens with zero attached hydrogens (tertiary/aromatic N) is 1. The van der Waals surface area contributed by atoms with E-state index >= 15 is 0 Å². The van der Waals surface area contributed by atoms with E-state index in [0.29, 0.717) is 0 Å². The van der Waals surface area contributed by atoms with Crippen LogP contribution >= 0.6 is 0 Å². The van der Waals surface area contributed by atoms with E-state index in [1.807, 2.05) is 41.6 Å². The van der Waals surface area contributed by atoms with Crippen LogP contribution in [-0.2, 0) is 14.3 Å². The van der Waals surface area contributed by atoms with Crippen molar-refractivity contribution < 1.29 is 12.6 Å². The molecule has 0 aromatic carbocycles. The van der Waals surface area contributed by atoms with Gasteiger partial charge in [-0.25, -0.2) is 0 Å². The molecule has 0 amide bonds. The molecule has 0 unspecified atom stereocenters. The van der Waals surface area contributed by atoms with Crippen LogP contribution in [0, 0.1) is 0 Å². The van der Waals surface area contributed by atoms with Gasteiger partial charge in [-0.15, -0.1) is 0 Å². The smallest absolute Gasteiger partial charge is 0.264 e. The van der Waals surface area contributed by atoms with Crippen LogP contribution in [0.1, 0.15) is 6.42 Å². The van der Waals surface area contributed by atoms with E-state index in [1.165, 1.54) is 0 Å². The van der Waals surface area contributed by atoms with E-state index in [9.17, 15) is 8.42 Å². The first-order valence-corrected chi connectivity index (χ1v) is 6.73. The summed E-state index contributed by atoms with van der Waals surface area (Å²) in [5.74, 6) is 0. The fraction of sp³-hybridized carbons (Fsp3) is 0.273. The van der Waals surface area contributed by atoms with Gasteiger partial charge in [0.2, 0.25) is 0 Å². The molecule has 2 aliphatic heterocycles. The SMILES string of the molecule is CS(=O)(=O)OCC1=CN2C=CC=CC2=CC1. The molecular formula is C11H13NO3S. The second kappa shape index (κ2) is 4.27. The highest BCUT2D eigenvalue weighted by molar-refractivity contribution is 7.85. The molecule has 0 aromatic heterocycles. The van der Waals surface area contributed by atoms with Crippen LogP contribution in [0.2, 0.25) is 0 Å². The molecule has 0 N–H and O–H groups in total. The van der Waals surface area contributed by atoms with Crippen molar-refractivity contribution in [3.8, 4) is 0 Å². The first kappa shape index (κ1) is 11.2.